The van der Waals surface area contributed by atoms with E-state index in [0.29, 0.717) is 20.2 Å². The van der Waals surface area contributed by atoms with Crippen LogP contribution in [0.5, 0.6) is 5.75 Å². The summed E-state index contributed by atoms with van der Waals surface area (Å²) in [5, 5.41) is 12.2. The number of nitro benzene ring substituents is 1. The zero-order valence-electron chi connectivity index (χ0n) is 12.1. The Morgan fingerprint density at radius 3 is 2.65 bits per heavy atom. The number of aryl methyl sites for hydroxylation is 1. The highest BCUT2D eigenvalue weighted by Gasteiger charge is 2.23. The third kappa shape index (κ3) is 2.34. The molecular weight excluding hydrogens is 435 g/mol. The predicted molar refractivity (Wildman–Crippen MR) is 97.6 cm³/mol. The molecule has 0 saturated carbocycles. The summed E-state index contributed by atoms with van der Waals surface area (Å²) in [5.41, 5.74) is 0.288. The van der Waals surface area contributed by atoms with Crippen molar-refractivity contribution in [3.05, 3.63) is 53.2 Å². The van der Waals surface area contributed by atoms with Gasteiger partial charge in [0.05, 0.1) is 33.3 Å². The van der Waals surface area contributed by atoms with Crippen molar-refractivity contribution in [3.63, 3.8) is 0 Å². The molecular formula is C15H10ClIN2O4. The summed E-state index contributed by atoms with van der Waals surface area (Å²) in [7, 11) is 3.18. The lowest BCUT2D eigenvalue weighted by Gasteiger charge is -2.13. The first-order valence-electron chi connectivity index (χ1n) is 6.49. The van der Waals surface area contributed by atoms with Gasteiger partial charge >= 0.3 is 0 Å². The van der Waals surface area contributed by atoms with E-state index >= 15 is 0 Å². The van der Waals surface area contributed by atoms with Crippen LogP contribution < -0.4 is 10.2 Å². The molecule has 0 amide bonds. The molecule has 0 saturated heterocycles. The number of hydrogen-bond acceptors (Lipinski definition) is 4. The van der Waals surface area contributed by atoms with Gasteiger partial charge < -0.3 is 9.30 Å². The average molecular weight is 445 g/mol. The van der Waals surface area contributed by atoms with E-state index in [1.165, 1.54) is 13.2 Å². The minimum Gasteiger partial charge on any atom is -0.497 e. The largest absolute Gasteiger partial charge is 0.497 e. The van der Waals surface area contributed by atoms with Gasteiger partial charge in [-0.2, -0.15) is 0 Å². The Balaban J connectivity index is 2.68. The van der Waals surface area contributed by atoms with Crippen molar-refractivity contribution < 1.29 is 9.66 Å². The van der Waals surface area contributed by atoms with Crippen molar-refractivity contribution in [2.24, 2.45) is 7.05 Å². The molecule has 3 aromatic rings. The molecule has 0 bridgehead atoms. The average Bonchev–Trinajstić information content (AvgIpc) is 2.53. The molecule has 0 aliphatic rings. The second-order valence-electron chi connectivity index (χ2n) is 4.94. The minimum absolute atomic E-state index is 0.147. The molecule has 3 rings (SSSR count). The molecule has 0 unspecified atom stereocenters. The van der Waals surface area contributed by atoms with Gasteiger partial charge in [-0.1, -0.05) is 11.6 Å². The van der Waals surface area contributed by atoms with Crippen molar-refractivity contribution in [2.45, 2.75) is 0 Å². The highest BCUT2D eigenvalue weighted by atomic mass is 127. The maximum atomic E-state index is 12.9. The molecule has 8 heteroatoms. The van der Waals surface area contributed by atoms with E-state index in [2.05, 4.69) is 0 Å². The first-order valence-corrected chi connectivity index (χ1v) is 7.95. The van der Waals surface area contributed by atoms with Gasteiger partial charge in [0.1, 0.15) is 11.3 Å². The van der Waals surface area contributed by atoms with Gasteiger partial charge in [-0.05, 0) is 40.8 Å². The number of benzene rings is 2. The number of nitro groups is 1. The number of aromatic nitrogens is 1. The first-order chi connectivity index (χ1) is 10.9. The Hall–Kier alpha value is -1.87. The van der Waals surface area contributed by atoms with E-state index in [1.807, 2.05) is 22.6 Å². The molecule has 2 aromatic carbocycles. The lowest BCUT2D eigenvalue weighted by Crippen LogP contribution is -2.12. The van der Waals surface area contributed by atoms with Crippen molar-refractivity contribution >= 4 is 61.7 Å². The molecule has 1 heterocycles. The van der Waals surface area contributed by atoms with Gasteiger partial charge in [0.2, 0.25) is 0 Å². The topological polar surface area (TPSA) is 74.4 Å². The zero-order chi connectivity index (χ0) is 16.9. The second kappa shape index (κ2) is 5.64. The Morgan fingerprint density at radius 2 is 2.04 bits per heavy atom. The predicted octanol–water partition coefficient (Wildman–Crippen LogP) is 3.87. The molecule has 23 heavy (non-hydrogen) atoms. The summed E-state index contributed by atoms with van der Waals surface area (Å²) in [4.78, 5) is 23.8. The summed E-state index contributed by atoms with van der Waals surface area (Å²) in [6, 6.07) is 6.39. The number of methoxy groups -OCH3 is 1. The second-order valence-corrected chi connectivity index (χ2v) is 6.48. The molecule has 6 nitrogen and oxygen atoms in total. The Labute approximate surface area is 148 Å². The van der Waals surface area contributed by atoms with Crippen LogP contribution in [0.15, 0.2) is 29.1 Å². The van der Waals surface area contributed by atoms with Gasteiger partial charge in [-0.3, -0.25) is 14.9 Å². The minimum atomic E-state index is -0.504. The van der Waals surface area contributed by atoms with E-state index in [9.17, 15) is 14.9 Å². The van der Waals surface area contributed by atoms with Gasteiger partial charge in [0, 0.05) is 16.7 Å². The van der Waals surface area contributed by atoms with Crippen LogP contribution >= 0.6 is 34.2 Å². The lowest BCUT2D eigenvalue weighted by molar-refractivity contribution is -0.383. The van der Waals surface area contributed by atoms with Crippen LogP contribution in [0.1, 0.15) is 0 Å². The van der Waals surface area contributed by atoms with Crippen LogP contribution in [0.2, 0.25) is 5.02 Å². The van der Waals surface area contributed by atoms with Crippen LogP contribution in [0.25, 0.3) is 21.8 Å². The third-order valence-corrected chi connectivity index (χ3v) is 5.30. The summed E-state index contributed by atoms with van der Waals surface area (Å²) >= 11 is 8.17. The molecule has 1 aromatic heterocycles. The number of pyridine rings is 1. The number of ether oxygens (including phenoxy) is 1. The molecule has 118 valence electrons. The summed E-state index contributed by atoms with van der Waals surface area (Å²) in [5.74, 6) is 0.533. The first kappa shape index (κ1) is 16.0. The van der Waals surface area contributed by atoms with Crippen LogP contribution in [0.4, 0.5) is 5.69 Å². The van der Waals surface area contributed by atoms with Crippen molar-refractivity contribution in [1.82, 2.24) is 4.57 Å². The van der Waals surface area contributed by atoms with Gasteiger partial charge in [-0.25, -0.2) is 0 Å². The Kier molecular flexibility index (Phi) is 3.93. The maximum Gasteiger partial charge on any atom is 0.294 e. The van der Waals surface area contributed by atoms with Crippen LogP contribution in [0.3, 0.4) is 0 Å². The standard InChI is InChI=1S/C15H10ClIN2O4/c1-18-10-4-3-7(23-2)5-8(10)15(20)12-13(16)9(17)6-11(14(12)18)19(21)22/h3-6H,1-2H3. The van der Waals surface area contributed by atoms with E-state index in [0.717, 1.165) is 0 Å². The summed E-state index contributed by atoms with van der Waals surface area (Å²) in [6.07, 6.45) is 0. The molecule has 0 aliphatic carbocycles. The third-order valence-electron chi connectivity index (χ3n) is 3.74. The quantitative estimate of drug-likeness (QED) is 0.260. The normalized spacial score (nSPS) is 11.1. The smallest absolute Gasteiger partial charge is 0.294 e. The Bertz CT molecular complexity index is 1050. The van der Waals surface area contributed by atoms with Crippen molar-refractivity contribution in [3.8, 4) is 5.75 Å². The molecule has 0 fully saturated rings. The zero-order valence-corrected chi connectivity index (χ0v) is 15.0. The lowest BCUT2D eigenvalue weighted by atomic mass is 10.1. The van der Waals surface area contributed by atoms with Crippen LogP contribution in [-0.2, 0) is 7.05 Å². The monoisotopic (exact) mass is 444 g/mol. The number of rotatable bonds is 2. The number of fused-ring (bicyclic) bond motifs is 2. The fraction of sp³-hybridized carbons (Fsp3) is 0.133. The summed E-state index contributed by atoms with van der Waals surface area (Å²) < 4.78 is 7.23. The van der Waals surface area contributed by atoms with Crippen molar-refractivity contribution in [2.75, 3.05) is 7.11 Å². The highest BCUT2D eigenvalue weighted by molar-refractivity contribution is 14.1. The molecule has 0 N–H and O–H groups in total. The van der Waals surface area contributed by atoms with E-state index in [1.54, 1.807) is 29.8 Å². The van der Waals surface area contributed by atoms with E-state index < -0.39 is 4.92 Å². The van der Waals surface area contributed by atoms with Gasteiger partial charge in [0.15, 0.2) is 5.43 Å². The molecule has 0 radical (unpaired) electrons. The number of hydrogen-bond donors (Lipinski definition) is 0. The fourth-order valence-electron chi connectivity index (χ4n) is 2.66. The fourth-order valence-corrected chi connectivity index (χ4v) is 3.46. The maximum absolute atomic E-state index is 12.9. The SMILES string of the molecule is COc1ccc2c(c1)c(=O)c1c(Cl)c(I)cc([N+](=O)[O-])c1n2C. The number of non-ortho nitro benzene ring substituents is 1. The Morgan fingerprint density at radius 1 is 1.35 bits per heavy atom. The van der Waals surface area contributed by atoms with E-state index in [-0.39, 0.29) is 27.0 Å². The molecule has 0 atom stereocenters. The molecule has 0 spiro atoms. The van der Waals surface area contributed by atoms with E-state index in [4.69, 9.17) is 16.3 Å². The van der Waals surface area contributed by atoms with Gasteiger partial charge in [-0.15, -0.1) is 0 Å². The van der Waals surface area contributed by atoms with Crippen molar-refractivity contribution in [1.29, 1.82) is 0 Å². The number of nitrogens with zero attached hydrogens (tertiary/aromatic N) is 2. The van der Waals surface area contributed by atoms with Crippen LogP contribution in [-0.4, -0.2) is 16.6 Å². The van der Waals surface area contributed by atoms with Crippen LogP contribution in [0, 0.1) is 13.7 Å². The number of halogens is 2. The molecule has 0 aliphatic heterocycles. The van der Waals surface area contributed by atoms with Gasteiger partial charge in [0.25, 0.3) is 5.69 Å². The highest BCUT2D eigenvalue weighted by Crippen LogP contribution is 2.35. The summed E-state index contributed by atoms with van der Waals surface area (Å²) in [6.45, 7) is 0.